The Morgan fingerprint density at radius 3 is 2.48 bits per heavy atom. The number of carbonyl (C=O) groups excluding carboxylic acids is 2. The van der Waals surface area contributed by atoms with Crippen LogP contribution < -0.4 is 0 Å². The highest BCUT2D eigenvalue weighted by Gasteiger charge is 2.31. The molecule has 0 fully saturated rings. The molecule has 0 aliphatic rings. The topological polar surface area (TPSA) is 74.3 Å². The summed E-state index contributed by atoms with van der Waals surface area (Å²) in [5.74, 6) is -0.372. The molecule has 2 aromatic heterocycles. The number of benzene rings is 1. The highest BCUT2D eigenvalue weighted by molar-refractivity contribution is 6.00. The molecular weight excluding hydrogens is 389 g/mol. The van der Waals surface area contributed by atoms with Gasteiger partial charge >= 0.3 is 12.1 Å². The zero-order chi connectivity index (χ0) is 21.3. The molecule has 0 bridgehead atoms. The largest absolute Gasteiger partial charge is 0.454 e. The molecule has 152 valence electrons. The number of ketones is 1. The molecule has 3 rings (SSSR count). The lowest BCUT2D eigenvalue weighted by Crippen LogP contribution is -2.16. The molecular formula is C20H17F3N2O4. The Kier molecular flexibility index (Phi) is 5.32. The monoisotopic (exact) mass is 406 g/mol. The average Bonchev–Trinajstić information content (AvgIpc) is 3.21. The van der Waals surface area contributed by atoms with E-state index >= 15 is 0 Å². The van der Waals surface area contributed by atoms with Gasteiger partial charge in [-0.1, -0.05) is 11.2 Å². The van der Waals surface area contributed by atoms with Crippen molar-refractivity contribution in [2.45, 2.75) is 26.9 Å². The quantitative estimate of drug-likeness (QED) is 0.462. The van der Waals surface area contributed by atoms with Gasteiger partial charge in [-0.15, -0.1) is 0 Å². The van der Waals surface area contributed by atoms with Crippen molar-refractivity contribution in [1.82, 2.24) is 9.72 Å². The van der Waals surface area contributed by atoms with Crippen LogP contribution in [0.1, 0.15) is 43.4 Å². The molecule has 0 amide bonds. The van der Waals surface area contributed by atoms with E-state index in [2.05, 4.69) is 5.16 Å². The molecule has 1 aromatic carbocycles. The number of aromatic nitrogens is 2. The highest BCUT2D eigenvalue weighted by Crippen LogP contribution is 2.29. The van der Waals surface area contributed by atoms with Crippen molar-refractivity contribution in [2.75, 3.05) is 6.61 Å². The number of aryl methyl sites for hydroxylation is 2. The molecule has 0 saturated heterocycles. The molecule has 3 aromatic rings. The van der Waals surface area contributed by atoms with Crippen LogP contribution in [0, 0.1) is 20.8 Å². The van der Waals surface area contributed by atoms with E-state index in [1.807, 2.05) is 0 Å². The Morgan fingerprint density at radius 1 is 1.14 bits per heavy atom. The van der Waals surface area contributed by atoms with Crippen molar-refractivity contribution in [3.05, 3.63) is 70.2 Å². The van der Waals surface area contributed by atoms with Crippen LogP contribution in [0.25, 0.3) is 5.82 Å². The number of hydrogen-bond acceptors (Lipinski definition) is 5. The van der Waals surface area contributed by atoms with Gasteiger partial charge in [0.15, 0.2) is 12.4 Å². The van der Waals surface area contributed by atoms with E-state index in [0.717, 1.165) is 17.8 Å². The third-order valence-electron chi connectivity index (χ3n) is 4.34. The van der Waals surface area contributed by atoms with Crippen molar-refractivity contribution in [2.24, 2.45) is 0 Å². The first-order chi connectivity index (χ1) is 13.6. The summed E-state index contributed by atoms with van der Waals surface area (Å²) in [6, 6.07) is 7.17. The Labute approximate surface area is 163 Å². The molecule has 0 spiro atoms. The Balaban J connectivity index is 1.74. The fourth-order valence-corrected chi connectivity index (χ4v) is 2.97. The molecule has 0 N–H and O–H groups in total. The van der Waals surface area contributed by atoms with E-state index < -0.39 is 30.1 Å². The van der Waals surface area contributed by atoms with Crippen molar-refractivity contribution in [1.29, 1.82) is 0 Å². The minimum atomic E-state index is -4.58. The van der Waals surface area contributed by atoms with Gasteiger partial charge in [-0.2, -0.15) is 13.2 Å². The number of rotatable bonds is 5. The molecule has 0 aliphatic carbocycles. The maximum absolute atomic E-state index is 12.8. The Bertz CT molecular complexity index is 1080. The predicted molar refractivity (Wildman–Crippen MR) is 96.1 cm³/mol. The van der Waals surface area contributed by atoms with Crippen molar-refractivity contribution in [3.8, 4) is 5.82 Å². The van der Waals surface area contributed by atoms with Crippen LogP contribution in [0.15, 0.2) is 40.9 Å². The van der Waals surface area contributed by atoms with Crippen LogP contribution in [0.3, 0.4) is 0 Å². The summed E-state index contributed by atoms with van der Waals surface area (Å²) in [4.78, 5) is 24.6. The maximum Gasteiger partial charge on any atom is 0.416 e. The first-order valence-electron chi connectivity index (χ1n) is 8.58. The summed E-state index contributed by atoms with van der Waals surface area (Å²) in [6.07, 6.45) is -4.58. The van der Waals surface area contributed by atoms with Gasteiger partial charge in [0, 0.05) is 23.0 Å². The van der Waals surface area contributed by atoms with Gasteiger partial charge in [-0.25, -0.2) is 4.79 Å². The molecule has 0 saturated carbocycles. The fourth-order valence-electron chi connectivity index (χ4n) is 2.97. The van der Waals surface area contributed by atoms with E-state index in [4.69, 9.17) is 9.26 Å². The van der Waals surface area contributed by atoms with Crippen LogP contribution in [-0.4, -0.2) is 28.1 Å². The second-order valence-corrected chi connectivity index (χ2v) is 6.49. The predicted octanol–water partition coefficient (Wildman–Crippen LogP) is 4.45. The molecule has 0 radical (unpaired) electrons. The number of Topliss-reactive ketones (excluding diaryl/α,β-unsaturated/α-hetero) is 1. The van der Waals surface area contributed by atoms with Gasteiger partial charge in [-0.3, -0.25) is 9.36 Å². The first-order valence-corrected chi connectivity index (χ1v) is 8.58. The number of hydrogen-bond donors (Lipinski definition) is 0. The summed E-state index contributed by atoms with van der Waals surface area (Å²) >= 11 is 0. The fraction of sp³-hybridized carbons (Fsp3) is 0.250. The lowest BCUT2D eigenvalue weighted by atomic mass is 10.1. The zero-order valence-electron chi connectivity index (χ0n) is 15.8. The van der Waals surface area contributed by atoms with E-state index in [9.17, 15) is 22.8 Å². The number of alkyl halides is 3. The minimum Gasteiger partial charge on any atom is -0.454 e. The van der Waals surface area contributed by atoms with Crippen molar-refractivity contribution < 1.29 is 32.0 Å². The highest BCUT2D eigenvalue weighted by atomic mass is 19.4. The second-order valence-electron chi connectivity index (χ2n) is 6.49. The van der Waals surface area contributed by atoms with Gasteiger partial charge < -0.3 is 9.26 Å². The molecule has 0 unspecified atom stereocenters. The number of carbonyl (C=O) groups is 2. The first kappa shape index (κ1) is 20.4. The smallest absolute Gasteiger partial charge is 0.416 e. The van der Waals surface area contributed by atoms with Crippen LogP contribution in [0.4, 0.5) is 13.2 Å². The molecule has 0 atom stereocenters. The number of ether oxygens (including phenoxy) is 1. The van der Waals surface area contributed by atoms with Gasteiger partial charge in [0.1, 0.15) is 5.76 Å². The van der Waals surface area contributed by atoms with Gasteiger partial charge in [-0.05, 0) is 45.0 Å². The summed E-state index contributed by atoms with van der Waals surface area (Å²) < 4.78 is 50.0. The zero-order valence-corrected chi connectivity index (χ0v) is 15.8. The van der Waals surface area contributed by atoms with Crippen LogP contribution >= 0.6 is 0 Å². The van der Waals surface area contributed by atoms with Crippen LogP contribution in [-0.2, 0) is 10.9 Å². The van der Waals surface area contributed by atoms with E-state index in [-0.39, 0.29) is 5.56 Å². The second kappa shape index (κ2) is 7.57. The third kappa shape index (κ3) is 4.23. The summed E-state index contributed by atoms with van der Waals surface area (Å²) in [7, 11) is 0. The van der Waals surface area contributed by atoms with E-state index in [0.29, 0.717) is 28.9 Å². The lowest BCUT2D eigenvalue weighted by molar-refractivity contribution is -0.137. The maximum atomic E-state index is 12.8. The normalized spacial score (nSPS) is 11.5. The van der Waals surface area contributed by atoms with Crippen molar-refractivity contribution >= 4 is 11.8 Å². The minimum absolute atomic E-state index is 0.281. The molecule has 9 heteroatoms. The third-order valence-corrected chi connectivity index (χ3v) is 4.34. The number of halogens is 3. The summed E-state index contributed by atoms with van der Waals surface area (Å²) in [5.41, 5.74) is 0.375. The number of nitrogens with zero attached hydrogens (tertiary/aromatic N) is 2. The molecule has 6 nitrogen and oxygen atoms in total. The van der Waals surface area contributed by atoms with E-state index in [1.165, 1.54) is 6.07 Å². The van der Waals surface area contributed by atoms with Crippen LogP contribution in [0.5, 0.6) is 0 Å². The average molecular weight is 406 g/mol. The summed E-state index contributed by atoms with van der Waals surface area (Å²) in [6.45, 7) is 4.63. The van der Waals surface area contributed by atoms with E-state index in [1.54, 1.807) is 37.5 Å². The lowest BCUT2D eigenvalue weighted by Gasteiger charge is -2.09. The van der Waals surface area contributed by atoms with Gasteiger partial charge in [0.2, 0.25) is 5.78 Å². The Morgan fingerprint density at radius 2 is 1.86 bits per heavy atom. The molecule has 2 heterocycles. The standard InChI is InChI=1S/C20H17F3N2O4/c1-11-7-16(13(3)25(11)18-8-12(2)29-24-18)17(26)10-28-19(27)14-5-4-6-15(9-14)20(21,22)23/h4-9H,10H2,1-3H3. The SMILES string of the molecule is Cc1cc(-n2c(C)cc(C(=O)COC(=O)c3cccc(C(F)(F)F)c3)c2C)no1. The van der Waals surface area contributed by atoms with Gasteiger partial charge in [0.25, 0.3) is 0 Å². The van der Waals surface area contributed by atoms with Crippen molar-refractivity contribution in [3.63, 3.8) is 0 Å². The Hall–Kier alpha value is -3.36. The number of esters is 1. The molecule has 0 aliphatic heterocycles. The summed E-state index contributed by atoms with van der Waals surface area (Å²) in [5, 5.41) is 3.92. The van der Waals surface area contributed by atoms with Crippen LogP contribution in [0.2, 0.25) is 0 Å². The van der Waals surface area contributed by atoms with Gasteiger partial charge in [0.05, 0.1) is 11.1 Å². The molecule has 29 heavy (non-hydrogen) atoms.